The molecule has 0 radical (unpaired) electrons. The van der Waals surface area contributed by atoms with Gasteiger partial charge in [-0.15, -0.1) is 0 Å². The molecular formula is C100H72BN5. The summed E-state index contributed by atoms with van der Waals surface area (Å²) in [7, 11) is 0. The van der Waals surface area contributed by atoms with E-state index in [0.717, 1.165) is 151 Å². The van der Waals surface area contributed by atoms with Gasteiger partial charge in [-0.2, -0.15) is 0 Å². The Labute approximate surface area is 630 Å². The van der Waals surface area contributed by atoms with Crippen LogP contribution in [0.2, 0.25) is 0 Å². The Hall–Kier alpha value is -13.4. The van der Waals surface area contributed by atoms with E-state index >= 15 is 0 Å². The summed E-state index contributed by atoms with van der Waals surface area (Å²) in [6.45, 7) is 6.22. The fourth-order valence-electron chi connectivity index (χ4n) is 16.5. The number of fused-ring (bicyclic) bond motifs is 10. The van der Waals surface area contributed by atoms with Crippen LogP contribution in [0.15, 0.2) is 382 Å². The molecule has 5 nitrogen and oxygen atoms in total. The minimum Gasteiger partial charge on any atom is -0.311 e. The summed E-state index contributed by atoms with van der Waals surface area (Å²) in [5.74, 6) is 0. The molecule has 106 heavy (non-hydrogen) atoms. The van der Waals surface area contributed by atoms with E-state index in [2.05, 4.69) is 337 Å². The molecule has 2 aliphatic rings. The number of benzene rings is 16. The molecule has 2 aliphatic heterocycles. The Bertz CT molecular complexity index is 6720. The highest BCUT2D eigenvalue weighted by molar-refractivity contribution is 7.00. The molecule has 500 valence electrons. The van der Waals surface area contributed by atoms with Crippen LogP contribution in [-0.4, -0.2) is 15.8 Å². The van der Waals surface area contributed by atoms with Gasteiger partial charge < -0.3 is 23.8 Å². The van der Waals surface area contributed by atoms with Gasteiger partial charge in [0, 0.05) is 78.4 Å². The lowest BCUT2D eigenvalue weighted by Crippen LogP contribution is -2.61. The van der Waals surface area contributed by atoms with Crippen molar-refractivity contribution in [1.29, 1.82) is 0 Å². The van der Waals surface area contributed by atoms with Crippen molar-refractivity contribution in [1.82, 2.24) is 9.13 Å². The molecule has 0 saturated heterocycles. The molecule has 20 rings (SSSR count). The number of rotatable bonds is 12. The summed E-state index contributed by atoms with van der Waals surface area (Å²) in [5.41, 5.74) is 25.2. The highest BCUT2D eigenvalue weighted by Gasteiger charge is 2.45. The zero-order chi connectivity index (χ0) is 77.5. The largest absolute Gasteiger partial charge is 0.311 e. The van der Waals surface area contributed by atoms with Crippen LogP contribution in [0.4, 0.5) is 51.2 Å². The summed E-state index contributed by atoms with van der Waals surface area (Å²) in [5, 5.41) is 2.12. The quantitative estimate of drug-likeness (QED) is 0.114. The van der Waals surface area contributed by atoms with Gasteiger partial charge in [0.2, 0.25) is 0 Å². The van der Waals surface area contributed by atoms with E-state index in [1.807, 2.05) is 36.4 Å². The van der Waals surface area contributed by atoms with Gasteiger partial charge >= 0.3 is 0 Å². The van der Waals surface area contributed by atoms with Crippen molar-refractivity contribution in [2.75, 3.05) is 14.7 Å². The second-order valence-electron chi connectivity index (χ2n) is 28.7. The summed E-state index contributed by atoms with van der Waals surface area (Å²) < 4.78 is 81.4. The van der Waals surface area contributed by atoms with Crippen LogP contribution in [-0.2, 0) is 5.41 Å². The van der Waals surface area contributed by atoms with E-state index in [1.165, 1.54) is 5.56 Å². The fraction of sp³-hybridized carbons (Fsp3) is 0.0400. The van der Waals surface area contributed by atoms with Crippen LogP contribution < -0.4 is 31.1 Å². The predicted molar refractivity (Wildman–Crippen MR) is 450 cm³/mol. The molecule has 0 fully saturated rings. The second-order valence-corrected chi connectivity index (χ2v) is 28.7. The number of aromatic nitrogens is 2. The van der Waals surface area contributed by atoms with Gasteiger partial charge in [-0.1, -0.05) is 275 Å². The first-order valence-electron chi connectivity index (χ1n) is 40.2. The van der Waals surface area contributed by atoms with Crippen molar-refractivity contribution in [3.05, 3.63) is 388 Å². The summed E-state index contributed by atoms with van der Waals surface area (Å²) in [6.07, 6.45) is 0. The third-order valence-electron chi connectivity index (χ3n) is 21.4. The van der Waals surface area contributed by atoms with Gasteiger partial charge in [0.15, 0.2) is 0 Å². The maximum atomic E-state index is 10.1. The topological polar surface area (TPSA) is 19.6 Å². The minimum absolute atomic E-state index is 0.0133. The average molecular weight is 1360 g/mol. The second kappa shape index (κ2) is 25.2. The van der Waals surface area contributed by atoms with Crippen LogP contribution in [0, 0.1) is 0 Å². The summed E-state index contributed by atoms with van der Waals surface area (Å²) >= 11 is 0. The van der Waals surface area contributed by atoms with Crippen LogP contribution in [0.3, 0.4) is 0 Å². The Kier molecular flexibility index (Phi) is 12.9. The molecule has 0 unspecified atom stereocenters. The number of nitrogens with zero attached hydrogens (tertiary/aromatic N) is 5. The predicted octanol–water partition coefficient (Wildman–Crippen LogP) is 25.1. The molecule has 0 amide bonds. The van der Waals surface area contributed by atoms with E-state index in [0.29, 0.717) is 5.69 Å². The standard InChI is InChI=1S/C100H72BN5/c1-100(2,3)77-38-28-37-71(57-77)72-49-52-89-95(62-72)105(82-58-73(67-29-10-4-11-30-67)55-74(59-82)68-31-12-5-13-32-68)97-65-84(104-91-46-25-22-43-85(91)86-44-23-26-47-92(86)104)66-98-99(97)101(89)90-53-50-81(64-96(90)106(98)83-60-75(69-33-14-6-15-34-69)56-76(61-83)70-35-16-7-17-36-70)103-93-48-27-24-45-87(93)88-63-80(51-54-94(88)103)102(78-39-18-8-19-40-78)79-41-20-9-21-42-79/h4-66H,1-3H3/i22D,23D,25D,26D,43D,44D,46D,47D. The van der Waals surface area contributed by atoms with E-state index in [4.69, 9.17) is 0 Å². The number of para-hydroxylation sites is 5. The lowest BCUT2D eigenvalue weighted by molar-refractivity contribution is 0.590. The summed E-state index contributed by atoms with van der Waals surface area (Å²) in [4.78, 5) is 7.06. The number of hydrogen-bond donors (Lipinski definition) is 0. The van der Waals surface area contributed by atoms with E-state index in [9.17, 15) is 11.0 Å². The number of anilines is 9. The molecule has 0 spiro atoms. The Balaban J connectivity index is 0.948. The minimum atomic E-state index is -0.516. The van der Waals surface area contributed by atoms with Gasteiger partial charge in [0.25, 0.3) is 6.71 Å². The zero-order valence-corrected chi connectivity index (χ0v) is 58.6. The Morgan fingerprint density at radius 2 is 0.698 bits per heavy atom. The van der Waals surface area contributed by atoms with Crippen molar-refractivity contribution >= 4 is 118 Å². The maximum Gasteiger partial charge on any atom is 0.252 e. The van der Waals surface area contributed by atoms with Crippen LogP contribution >= 0.6 is 0 Å². The van der Waals surface area contributed by atoms with Gasteiger partial charge in [-0.25, -0.2) is 0 Å². The summed E-state index contributed by atoms with van der Waals surface area (Å²) in [6, 6.07) is 115. The molecular weight excluding hydrogens is 1280 g/mol. The first-order valence-corrected chi connectivity index (χ1v) is 36.2. The Morgan fingerprint density at radius 1 is 0.274 bits per heavy atom. The van der Waals surface area contributed by atoms with Crippen molar-refractivity contribution < 1.29 is 11.0 Å². The molecule has 16 aromatic carbocycles. The zero-order valence-electron chi connectivity index (χ0n) is 66.6. The lowest BCUT2D eigenvalue weighted by Gasteiger charge is -2.45. The monoisotopic (exact) mass is 1360 g/mol. The Morgan fingerprint density at radius 3 is 1.22 bits per heavy atom. The van der Waals surface area contributed by atoms with E-state index in [1.54, 1.807) is 4.57 Å². The molecule has 0 N–H and O–H groups in total. The average Bonchev–Trinajstić information content (AvgIpc) is 1.24. The smallest absolute Gasteiger partial charge is 0.252 e. The van der Waals surface area contributed by atoms with E-state index < -0.39 is 55.1 Å². The first-order chi connectivity index (χ1) is 55.5. The molecule has 0 bridgehead atoms. The van der Waals surface area contributed by atoms with Crippen LogP contribution in [0.1, 0.15) is 37.3 Å². The van der Waals surface area contributed by atoms with Gasteiger partial charge in [0.05, 0.1) is 38.7 Å². The highest BCUT2D eigenvalue weighted by Crippen LogP contribution is 2.51. The van der Waals surface area contributed by atoms with Crippen molar-refractivity contribution in [3.63, 3.8) is 0 Å². The lowest BCUT2D eigenvalue weighted by atomic mass is 9.33. The molecule has 4 heterocycles. The molecule has 0 saturated carbocycles. The normalized spacial score (nSPS) is 13.5. The SMILES string of the molecule is [2H]c1c([2H])c([2H])c2c(c1[2H])c1c([2H])c([2H])c([2H])c([2H])c1n2-c1cc2c3c(c1)N(c1cc(-c4ccccc4)cc(-c4ccccc4)c1)c1cc(-n4c5ccccc5c5cc(N(c6ccccc6)c6ccccc6)ccc54)ccc1B3c1ccc(-c3cccc(C(C)(C)C)c3)cc1N2c1cc(-c2ccccc2)cc(-c2ccccc2)c1. The molecule has 0 aliphatic carbocycles. The molecule has 6 heteroatoms. The van der Waals surface area contributed by atoms with E-state index in [-0.39, 0.29) is 27.2 Å². The third-order valence-corrected chi connectivity index (χ3v) is 21.4. The van der Waals surface area contributed by atoms with Crippen molar-refractivity contribution in [2.45, 2.75) is 26.2 Å². The van der Waals surface area contributed by atoms with Gasteiger partial charge in [-0.3, -0.25) is 0 Å². The van der Waals surface area contributed by atoms with Gasteiger partial charge in [-0.05, 0) is 210 Å². The van der Waals surface area contributed by atoms with Gasteiger partial charge in [0.1, 0.15) is 0 Å². The van der Waals surface area contributed by atoms with Crippen molar-refractivity contribution in [2.24, 2.45) is 0 Å². The van der Waals surface area contributed by atoms with Crippen LogP contribution in [0.25, 0.3) is 111 Å². The molecule has 2 aromatic heterocycles. The van der Waals surface area contributed by atoms with Crippen LogP contribution in [0.5, 0.6) is 0 Å². The highest BCUT2D eigenvalue weighted by atomic mass is 15.2. The van der Waals surface area contributed by atoms with Crippen molar-refractivity contribution in [3.8, 4) is 67.0 Å². The molecule has 18 aromatic rings. The molecule has 0 atom stereocenters. The maximum absolute atomic E-state index is 10.1. The number of hydrogen-bond acceptors (Lipinski definition) is 3. The third kappa shape index (κ3) is 10.5. The fourth-order valence-corrected chi connectivity index (χ4v) is 16.5. The first kappa shape index (κ1) is 54.3.